The van der Waals surface area contributed by atoms with Gasteiger partial charge in [-0.3, -0.25) is 10.2 Å². The van der Waals surface area contributed by atoms with Crippen LogP contribution in [0.5, 0.6) is 5.88 Å². The predicted octanol–water partition coefficient (Wildman–Crippen LogP) is 3.88. The Balaban J connectivity index is 1.43. The van der Waals surface area contributed by atoms with Crippen LogP contribution in [0, 0.1) is 5.41 Å². The van der Waals surface area contributed by atoms with E-state index in [1.165, 1.54) is 0 Å². The van der Waals surface area contributed by atoms with E-state index in [1.807, 2.05) is 0 Å². The molecule has 0 saturated heterocycles. The van der Waals surface area contributed by atoms with Gasteiger partial charge in [0, 0.05) is 40.4 Å². The van der Waals surface area contributed by atoms with Crippen molar-refractivity contribution in [3.63, 3.8) is 0 Å². The predicted molar refractivity (Wildman–Crippen MR) is 117 cm³/mol. The Hall–Kier alpha value is -2.68. The van der Waals surface area contributed by atoms with Crippen LogP contribution in [-0.2, 0) is 18.7 Å². The van der Waals surface area contributed by atoms with E-state index in [4.69, 9.17) is 20.0 Å². The van der Waals surface area contributed by atoms with Gasteiger partial charge in [-0.05, 0) is 17.7 Å². The first-order valence-electron chi connectivity index (χ1n) is 9.23. The molecule has 1 aliphatic rings. The topological polar surface area (TPSA) is 146 Å². The van der Waals surface area contributed by atoms with Crippen molar-refractivity contribution in [1.82, 2.24) is 10.5 Å². The second-order valence-electron chi connectivity index (χ2n) is 6.47. The maximum Gasteiger partial charge on any atom is 0.199 e. The largest absolute Gasteiger partial charge is 0.494 e. The van der Waals surface area contributed by atoms with Gasteiger partial charge in [0.1, 0.15) is 0 Å². The fourth-order valence-corrected chi connectivity index (χ4v) is 3.97. The zero-order valence-electron chi connectivity index (χ0n) is 16.3. The summed E-state index contributed by atoms with van der Waals surface area (Å²) >= 11 is 1.85. The number of nitrogens with one attached hydrogen (secondary N) is 3. The molecule has 1 heterocycles. The summed E-state index contributed by atoms with van der Waals surface area (Å²) in [5.41, 5.74) is 5.18. The standard InChI is InChI=1S/C20H17N3O7S2/c21-17-13-3-1-2-4-14(13)19(24)16-15(17)20(25)23-18(16)11-5-7-12(8-6-11)32-29-27-22-9-10-31-30-28-26/h1-8,21-23,25-26H,9-10H2. The lowest BCUT2D eigenvalue weighted by Gasteiger charge is -2.17. The lowest BCUT2D eigenvalue weighted by Crippen LogP contribution is -2.19. The molecule has 0 atom stereocenters. The summed E-state index contributed by atoms with van der Waals surface area (Å²) in [4.78, 5) is 21.5. The Labute approximate surface area is 190 Å². The maximum atomic E-state index is 13.1. The maximum absolute atomic E-state index is 13.1. The fraction of sp³-hybridized carbons (Fsp3) is 0.100. The van der Waals surface area contributed by atoms with E-state index in [2.05, 4.69) is 19.8 Å². The molecule has 4 rings (SSSR count). The number of hydroxylamine groups is 1. The summed E-state index contributed by atoms with van der Waals surface area (Å²) in [7, 11) is 0. The van der Waals surface area contributed by atoms with Gasteiger partial charge in [0.25, 0.3) is 0 Å². The average molecular weight is 476 g/mol. The Morgan fingerprint density at radius 3 is 2.53 bits per heavy atom. The average Bonchev–Trinajstić information content (AvgIpc) is 3.17. The number of ketones is 1. The zero-order chi connectivity index (χ0) is 22.5. The summed E-state index contributed by atoms with van der Waals surface area (Å²) in [6, 6.07) is 14.0. The number of aromatic hydroxyl groups is 1. The molecule has 1 aliphatic carbocycles. The summed E-state index contributed by atoms with van der Waals surface area (Å²) in [6.07, 6.45) is 0. The van der Waals surface area contributed by atoms with Crippen LogP contribution >= 0.6 is 24.1 Å². The highest BCUT2D eigenvalue weighted by atomic mass is 32.2. The van der Waals surface area contributed by atoms with Crippen molar-refractivity contribution < 1.29 is 33.9 Å². The van der Waals surface area contributed by atoms with Gasteiger partial charge in [-0.2, -0.15) is 5.48 Å². The van der Waals surface area contributed by atoms with Crippen LogP contribution in [0.15, 0.2) is 53.4 Å². The number of carbonyl (C=O) groups is 1. The monoisotopic (exact) mass is 475 g/mol. The van der Waals surface area contributed by atoms with Gasteiger partial charge >= 0.3 is 0 Å². The molecule has 5 N–H and O–H groups in total. The minimum Gasteiger partial charge on any atom is -0.494 e. The van der Waals surface area contributed by atoms with E-state index in [9.17, 15) is 9.90 Å². The fourth-order valence-electron chi connectivity index (χ4n) is 3.28. The number of aromatic nitrogens is 1. The molecule has 3 aromatic rings. The Bertz CT molecular complexity index is 1130. The van der Waals surface area contributed by atoms with Crippen molar-refractivity contribution in [2.75, 3.05) is 12.3 Å². The third-order valence-corrected chi connectivity index (χ3v) is 5.76. The molecule has 2 aromatic carbocycles. The SMILES string of the molecule is N=C1c2ccccc2C(=O)c2c(-c3ccc(SOONCCSOOO)cc3)[nH]c(O)c21. The second-order valence-corrected chi connectivity index (χ2v) is 8.02. The smallest absolute Gasteiger partial charge is 0.199 e. The molecule has 0 spiro atoms. The molecule has 1 aromatic heterocycles. The van der Waals surface area contributed by atoms with Crippen LogP contribution in [0.25, 0.3) is 11.3 Å². The molecular formula is C20H17N3O7S2. The molecule has 0 saturated carbocycles. The van der Waals surface area contributed by atoms with Crippen molar-refractivity contribution in [2.45, 2.75) is 4.90 Å². The van der Waals surface area contributed by atoms with E-state index < -0.39 is 0 Å². The minimum atomic E-state index is -0.242. The molecule has 0 bridgehead atoms. The van der Waals surface area contributed by atoms with Crippen LogP contribution in [0.1, 0.15) is 27.0 Å². The van der Waals surface area contributed by atoms with Gasteiger partial charge in [0.2, 0.25) is 0 Å². The highest BCUT2D eigenvalue weighted by molar-refractivity contribution is 7.94. The Morgan fingerprint density at radius 1 is 1.03 bits per heavy atom. The molecule has 0 amide bonds. The van der Waals surface area contributed by atoms with E-state index in [0.29, 0.717) is 34.7 Å². The molecular weight excluding hydrogens is 458 g/mol. The first kappa shape index (κ1) is 22.5. The molecule has 12 heteroatoms. The van der Waals surface area contributed by atoms with E-state index in [0.717, 1.165) is 29.0 Å². The van der Waals surface area contributed by atoms with Gasteiger partial charge in [-0.15, -0.1) is 13.7 Å². The second kappa shape index (κ2) is 10.3. The van der Waals surface area contributed by atoms with Crippen molar-refractivity contribution in [2.24, 2.45) is 0 Å². The van der Waals surface area contributed by atoms with Gasteiger partial charge in [0.15, 0.2) is 11.7 Å². The Kier molecular flexibility index (Phi) is 7.24. The van der Waals surface area contributed by atoms with E-state index in [1.54, 1.807) is 48.5 Å². The summed E-state index contributed by atoms with van der Waals surface area (Å²) < 4.78 is 9.18. The van der Waals surface area contributed by atoms with Gasteiger partial charge in [-0.1, -0.05) is 41.4 Å². The van der Waals surface area contributed by atoms with Crippen LogP contribution in [0.2, 0.25) is 0 Å². The van der Waals surface area contributed by atoms with Crippen molar-refractivity contribution in [1.29, 1.82) is 5.41 Å². The number of H-pyrrole nitrogens is 1. The van der Waals surface area contributed by atoms with Crippen LogP contribution in [0.3, 0.4) is 0 Å². The van der Waals surface area contributed by atoms with E-state index in [-0.39, 0.29) is 28.5 Å². The van der Waals surface area contributed by atoms with Gasteiger partial charge < -0.3 is 10.1 Å². The zero-order valence-corrected chi connectivity index (χ0v) is 17.9. The number of hydrogen-bond donors (Lipinski definition) is 5. The van der Waals surface area contributed by atoms with Crippen molar-refractivity contribution >= 4 is 35.6 Å². The van der Waals surface area contributed by atoms with E-state index >= 15 is 0 Å². The number of benzene rings is 2. The lowest BCUT2D eigenvalue weighted by molar-refractivity contribution is -0.432. The molecule has 10 nitrogen and oxygen atoms in total. The summed E-state index contributed by atoms with van der Waals surface area (Å²) in [5.74, 6) is -0.0104. The number of rotatable bonds is 10. The summed E-state index contributed by atoms with van der Waals surface area (Å²) in [6.45, 7) is 0.376. The molecule has 0 fully saturated rings. The molecule has 166 valence electrons. The quantitative estimate of drug-likeness (QED) is 0.0991. The van der Waals surface area contributed by atoms with Gasteiger partial charge in [-0.25, -0.2) is 5.26 Å². The normalized spacial score (nSPS) is 12.7. The molecule has 0 unspecified atom stereocenters. The number of aromatic amines is 1. The van der Waals surface area contributed by atoms with Crippen LogP contribution in [0.4, 0.5) is 0 Å². The number of hydrogen-bond acceptors (Lipinski definition) is 11. The third-order valence-electron chi connectivity index (χ3n) is 4.63. The first-order valence-corrected chi connectivity index (χ1v) is 10.9. The first-order chi connectivity index (χ1) is 15.6. The minimum absolute atomic E-state index is 0.106. The molecule has 0 radical (unpaired) electrons. The van der Waals surface area contributed by atoms with Crippen molar-refractivity contribution in [3.8, 4) is 17.1 Å². The highest BCUT2D eigenvalue weighted by Crippen LogP contribution is 2.39. The van der Waals surface area contributed by atoms with Crippen molar-refractivity contribution in [3.05, 3.63) is 70.8 Å². The highest BCUT2D eigenvalue weighted by Gasteiger charge is 2.34. The van der Waals surface area contributed by atoms with Gasteiger partial charge in [0.05, 0.1) is 34.6 Å². The molecule has 0 aliphatic heterocycles. The molecule has 32 heavy (non-hydrogen) atoms. The van der Waals surface area contributed by atoms with Crippen LogP contribution < -0.4 is 5.48 Å². The number of carbonyl (C=O) groups excluding carboxylic acids is 1. The van der Waals surface area contributed by atoms with Crippen LogP contribution in [-0.4, -0.2) is 39.1 Å². The number of fused-ring (bicyclic) bond motifs is 2. The Morgan fingerprint density at radius 2 is 1.78 bits per heavy atom. The third kappa shape index (κ3) is 4.57. The summed E-state index contributed by atoms with van der Waals surface area (Å²) in [5, 5.41) is 30.3. The lowest BCUT2D eigenvalue weighted by atomic mass is 9.84.